The average Bonchev–Trinajstić information content (AvgIpc) is 2.85. The van der Waals surface area contributed by atoms with E-state index in [9.17, 15) is 0 Å². The lowest BCUT2D eigenvalue weighted by Crippen LogP contribution is -2.43. The van der Waals surface area contributed by atoms with Gasteiger partial charge in [-0.05, 0) is 32.4 Å². The predicted molar refractivity (Wildman–Crippen MR) is 95.7 cm³/mol. The molecule has 0 radical (unpaired) electrons. The molecular weight excluding hydrogens is 371 g/mol. The summed E-state index contributed by atoms with van der Waals surface area (Å²) in [7, 11) is 0. The zero-order valence-corrected chi connectivity index (χ0v) is 15.0. The maximum atomic E-state index is 6.09. The summed E-state index contributed by atoms with van der Waals surface area (Å²) < 4.78 is 0. The fraction of sp³-hybridized carbons (Fsp3) is 0.923. The highest BCUT2D eigenvalue weighted by Crippen LogP contribution is 2.17. The maximum Gasteiger partial charge on any atom is 0.191 e. The lowest BCUT2D eigenvalue weighted by Gasteiger charge is -2.28. The van der Waals surface area contributed by atoms with Crippen LogP contribution in [0.25, 0.3) is 0 Å². The number of thioether (sulfide) groups is 1. The lowest BCUT2D eigenvalue weighted by molar-refractivity contribution is 0.259. The summed E-state index contributed by atoms with van der Waals surface area (Å²) >= 11 is 2.01. The van der Waals surface area contributed by atoms with Crippen molar-refractivity contribution in [1.82, 2.24) is 9.80 Å². The standard InChI is InChI=1S/C13H26N4S.HI/c1-2-5-16-6-3-4-12(16)11-15-13(14)17-7-9-18-10-8-17;/h12H,2-11H2,1H3,(H2,14,15);1H/t12-;/m0./s1. The van der Waals surface area contributed by atoms with Crippen LogP contribution in [-0.2, 0) is 0 Å². The van der Waals surface area contributed by atoms with Gasteiger partial charge in [0.1, 0.15) is 0 Å². The molecule has 0 aromatic heterocycles. The van der Waals surface area contributed by atoms with Crippen LogP contribution in [0.4, 0.5) is 0 Å². The Labute approximate surface area is 138 Å². The summed E-state index contributed by atoms with van der Waals surface area (Å²) in [5, 5.41) is 0. The number of rotatable bonds is 4. The van der Waals surface area contributed by atoms with Crippen molar-refractivity contribution in [2.75, 3.05) is 44.2 Å². The Morgan fingerprint density at radius 2 is 2.05 bits per heavy atom. The van der Waals surface area contributed by atoms with Gasteiger partial charge >= 0.3 is 0 Å². The highest BCUT2D eigenvalue weighted by atomic mass is 127. The van der Waals surface area contributed by atoms with E-state index in [0.717, 1.165) is 25.6 Å². The molecule has 2 heterocycles. The van der Waals surface area contributed by atoms with Gasteiger partial charge in [-0.25, -0.2) is 0 Å². The number of halogens is 1. The Hall–Kier alpha value is 0.310. The number of likely N-dealkylation sites (tertiary alicyclic amines) is 1. The Balaban J connectivity index is 0.00000180. The second-order valence-corrected chi connectivity index (χ2v) is 6.36. The molecule has 0 aromatic rings. The number of aliphatic imine (C=N–C) groups is 1. The first-order valence-corrected chi connectivity index (χ1v) is 8.33. The molecule has 0 bridgehead atoms. The van der Waals surface area contributed by atoms with Crippen LogP contribution in [-0.4, -0.2) is 66.0 Å². The number of nitrogens with zero attached hydrogens (tertiary/aromatic N) is 3. The van der Waals surface area contributed by atoms with Crippen molar-refractivity contribution in [1.29, 1.82) is 0 Å². The highest BCUT2D eigenvalue weighted by Gasteiger charge is 2.23. The van der Waals surface area contributed by atoms with Crippen LogP contribution in [0, 0.1) is 0 Å². The average molecular weight is 398 g/mol. The molecule has 112 valence electrons. The molecule has 2 N–H and O–H groups in total. The third-order valence-electron chi connectivity index (χ3n) is 3.81. The number of nitrogens with two attached hydrogens (primary N) is 1. The maximum absolute atomic E-state index is 6.09. The summed E-state index contributed by atoms with van der Waals surface area (Å²) in [6.07, 6.45) is 3.84. The summed E-state index contributed by atoms with van der Waals surface area (Å²) in [6.45, 7) is 7.70. The summed E-state index contributed by atoms with van der Waals surface area (Å²) in [5.74, 6) is 3.13. The zero-order valence-electron chi connectivity index (χ0n) is 11.9. The quantitative estimate of drug-likeness (QED) is 0.446. The molecule has 4 nitrogen and oxygen atoms in total. The Kier molecular flexibility index (Phi) is 8.48. The van der Waals surface area contributed by atoms with Crippen molar-refractivity contribution in [3.8, 4) is 0 Å². The second-order valence-electron chi connectivity index (χ2n) is 5.13. The van der Waals surface area contributed by atoms with E-state index in [1.807, 2.05) is 11.8 Å². The van der Waals surface area contributed by atoms with Gasteiger partial charge in [-0.3, -0.25) is 9.89 Å². The Morgan fingerprint density at radius 3 is 2.74 bits per heavy atom. The molecule has 2 aliphatic rings. The van der Waals surface area contributed by atoms with Crippen LogP contribution in [0.15, 0.2) is 4.99 Å². The van der Waals surface area contributed by atoms with E-state index < -0.39 is 0 Å². The van der Waals surface area contributed by atoms with Gasteiger partial charge in [-0.1, -0.05) is 6.92 Å². The number of hydrogen-bond donors (Lipinski definition) is 1. The minimum absolute atomic E-state index is 0. The van der Waals surface area contributed by atoms with E-state index in [4.69, 9.17) is 5.73 Å². The normalized spacial score (nSPS) is 25.4. The first kappa shape index (κ1) is 17.4. The molecule has 0 spiro atoms. The molecule has 6 heteroatoms. The Morgan fingerprint density at radius 1 is 1.32 bits per heavy atom. The SMILES string of the molecule is CCCN1CCC[C@H]1CN=C(N)N1CCSCC1.I. The van der Waals surface area contributed by atoms with Gasteiger partial charge in [0, 0.05) is 30.6 Å². The van der Waals surface area contributed by atoms with Crippen molar-refractivity contribution in [3.63, 3.8) is 0 Å². The van der Waals surface area contributed by atoms with Crippen LogP contribution in [0.1, 0.15) is 26.2 Å². The molecule has 2 aliphatic heterocycles. The van der Waals surface area contributed by atoms with Crippen molar-refractivity contribution in [2.45, 2.75) is 32.2 Å². The van der Waals surface area contributed by atoms with Gasteiger partial charge in [-0.2, -0.15) is 11.8 Å². The van der Waals surface area contributed by atoms with Crippen molar-refractivity contribution in [3.05, 3.63) is 0 Å². The fourth-order valence-electron chi connectivity index (χ4n) is 2.77. The van der Waals surface area contributed by atoms with Crippen molar-refractivity contribution >= 4 is 41.7 Å². The molecular formula is C13H27IN4S. The molecule has 0 aliphatic carbocycles. The van der Waals surface area contributed by atoms with Crippen molar-refractivity contribution in [2.24, 2.45) is 10.7 Å². The minimum atomic E-state index is 0. The van der Waals surface area contributed by atoms with Gasteiger partial charge in [-0.15, -0.1) is 24.0 Å². The molecule has 0 saturated carbocycles. The van der Waals surface area contributed by atoms with Crippen LogP contribution in [0.3, 0.4) is 0 Å². The van der Waals surface area contributed by atoms with E-state index in [-0.39, 0.29) is 24.0 Å². The molecule has 2 rings (SSSR count). The number of hydrogen-bond acceptors (Lipinski definition) is 3. The Bertz CT molecular complexity index is 282. The van der Waals surface area contributed by atoms with Gasteiger partial charge < -0.3 is 10.6 Å². The number of guanidine groups is 1. The minimum Gasteiger partial charge on any atom is -0.370 e. The van der Waals surface area contributed by atoms with Crippen molar-refractivity contribution < 1.29 is 0 Å². The molecule has 2 fully saturated rings. The fourth-order valence-corrected chi connectivity index (χ4v) is 3.68. The lowest BCUT2D eigenvalue weighted by atomic mass is 10.2. The summed E-state index contributed by atoms with van der Waals surface area (Å²) in [5.41, 5.74) is 6.09. The van der Waals surface area contributed by atoms with Gasteiger partial charge in [0.25, 0.3) is 0 Å². The van der Waals surface area contributed by atoms with E-state index >= 15 is 0 Å². The molecule has 1 atom stereocenters. The van der Waals surface area contributed by atoms with E-state index in [1.165, 1.54) is 43.9 Å². The van der Waals surface area contributed by atoms with Crippen LogP contribution < -0.4 is 5.73 Å². The highest BCUT2D eigenvalue weighted by molar-refractivity contribution is 14.0. The first-order chi connectivity index (χ1) is 8.81. The zero-order chi connectivity index (χ0) is 12.8. The third kappa shape index (κ3) is 5.30. The molecule has 0 unspecified atom stereocenters. The first-order valence-electron chi connectivity index (χ1n) is 7.18. The van der Waals surface area contributed by atoms with Crippen LogP contribution in [0.2, 0.25) is 0 Å². The third-order valence-corrected chi connectivity index (χ3v) is 4.75. The van der Waals surface area contributed by atoms with E-state index in [1.54, 1.807) is 0 Å². The molecule has 0 aromatic carbocycles. The van der Waals surface area contributed by atoms with Crippen LogP contribution >= 0.6 is 35.7 Å². The topological polar surface area (TPSA) is 44.9 Å². The predicted octanol–water partition coefficient (Wildman–Crippen LogP) is 1.84. The van der Waals surface area contributed by atoms with Gasteiger partial charge in [0.05, 0.1) is 6.54 Å². The smallest absolute Gasteiger partial charge is 0.191 e. The molecule has 0 amide bonds. The second kappa shape index (κ2) is 9.28. The van der Waals surface area contributed by atoms with E-state index in [2.05, 4.69) is 21.7 Å². The molecule has 2 saturated heterocycles. The largest absolute Gasteiger partial charge is 0.370 e. The molecule has 19 heavy (non-hydrogen) atoms. The van der Waals surface area contributed by atoms with Gasteiger partial charge in [0.2, 0.25) is 0 Å². The summed E-state index contributed by atoms with van der Waals surface area (Å²) in [4.78, 5) is 9.44. The van der Waals surface area contributed by atoms with Crippen LogP contribution in [0.5, 0.6) is 0 Å². The van der Waals surface area contributed by atoms with E-state index in [0.29, 0.717) is 6.04 Å². The summed E-state index contributed by atoms with van der Waals surface area (Å²) in [6, 6.07) is 0.627. The van der Waals surface area contributed by atoms with Gasteiger partial charge in [0.15, 0.2) is 5.96 Å². The monoisotopic (exact) mass is 398 g/mol.